The Hall–Kier alpha value is -1.62. The lowest BCUT2D eigenvalue weighted by atomic mass is 10.0. The van der Waals surface area contributed by atoms with Crippen LogP contribution in [0.25, 0.3) is 0 Å². The zero-order valence-corrected chi connectivity index (χ0v) is 13.0. The van der Waals surface area contributed by atoms with Crippen molar-refractivity contribution in [1.82, 2.24) is 4.90 Å². The number of nitro groups is 1. The average Bonchev–Trinajstić information content (AvgIpc) is 3.17. The van der Waals surface area contributed by atoms with E-state index in [-0.39, 0.29) is 10.6 Å². The second-order valence-corrected chi connectivity index (χ2v) is 7.23. The molecule has 0 spiro atoms. The zero-order valence-electron chi connectivity index (χ0n) is 13.0. The van der Waals surface area contributed by atoms with E-state index in [0.29, 0.717) is 0 Å². The number of hydrogen-bond acceptors (Lipinski definition) is 4. The summed E-state index contributed by atoms with van der Waals surface area (Å²) in [6.07, 6.45) is 2.84. The molecular weight excluding hydrogens is 278 g/mol. The Labute approximate surface area is 131 Å². The summed E-state index contributed by atoms with van der Waals surface area (Å²) in [4.78, 5) is 15.5. The second-order valence-electron chi connectivity index (χ2n) is 7.23. The predicted octanol–water partition coefficient (Wildman–Crippen LogP) is 2.76. The molecule has 3 unspecified atom stereocenters. The van der Waals surface area contributed by atoms with Crippen molar-refractivity contribution in [3.05, 3.63) is 34.4 Å². The fraction of sp³-hybridized carbons (Fsp3) is 0.647. The van der Waals surface area contributed by atoms with E-state index in [1.165, 1.54) is 25.9 Å². The Morgan fingerprint density at radius 2 is 1.68 bits per heavy atom. The molecular formula is C17H23N3O2. The molecule has 0 radical (unpaired) electrons. The van der Waals surface area contributed by atoms with Crippen molar-refractivity contribution in [2.24, 2.45) is 17.8 Å². The molecule has 3 atom stereocenters. The third kappa shape index (κ3) is 2.47. The van der Waals surface area contributed by atoms with Crippen LogP contribution in [-0.4, -0.2) is 42.0 Å². The van der Waals surface area contributed by atoms with Crippen LogP contribution in [0.1, 0.15) is 19.8 Å². The van der Waals surface area contributed by atoms with Gasteiger partial charge in [0.25, 0.3) is 5.69 Å². The number of non-ortho nitro benzene ring substituents is 1. The summed E-state index contributed by atoms with van der Waals surface area (Å²) in [6.45, 7) is 7.04. The summed E-state index contributed by atoms with van der Waals surface area (Å²) in [5.74, 6) is 2.47. The van der Waals surface area contributed by atoms with E-state index in [2.05, 4.69) is 16.7 Å². The first kappa shape index (κ1) is 14.0. The van der Waals surface area contributed by atoms with Crippen LogP contribution in [-0.2, 0) is 0 Å². The average molecular weight is 301 g/mol. The minimum atomic E-state index is -0.334. The van der Waals surface area contributed by atoms with Crippen molar-refractivity contribution in [1.29, 1.82) is 0 Å². The molecule has 0 aromatic heterocycles. The van der Waals surface area contributed by atoms with Crippen LogP contribution in [0.15, 0.2) is 24.3 Å². The largest absolute Gasteiger partial charge is 0.371 e. The number of fused-ring (bicyclic) bond motifs is 1. The van der Waals surface area contributed by atoms with Crippen LogP contribution < -0.4 is 4.90 Å². The van der Waals surface area contributed by atoms with Crippen molar-refractivity contribution < 1.29 is 4.92 Å². The maximum Gasteiger partial charge on any atom is 0.269 e. The smallest absolute Gasteiger partial charge is 0.269 e. The molecule has 1 aromatic rings. The molecule has 22 heavy (non-hydrogen) atoms. The van der Waals surface area contributed by atoms with Gasteiger partial charge in [-0.15, -0.1) is 0 Å². The summed E-state index contributed by atoms with van der Waals surface area (Å²) >= 11 is 0. The molecule has 4 rings (SSSR count). The van der Waals surface area contributed by atoms with Crippen molar-refractivity contribution in [3.63, 3.8) is 0 Å². The van der Waals surface area contributed by atoms with Crippen LogP contribution in [0.2, 0.25) is 0 Å². The highest BCUT2D eigenvalue weighted by Gasteiger charge is 2.43. The van der Waals surface area contributed by atoms with Crippen LogP contribution in [0.3, 0.4) is 0 Å². The SMILES string of the molecule is CC(C1CC1)N1CC2CN(c3ccc([N+](=O)[O-])cc3)CC2C1. The van der Waals surface area contributed by atoms with E-state index in [4.69, 9.17) is 0 Å². The molecule has 3 fully saturated rings. The summed E-state index contributed by atoms with van der Waals surface area (Å²) in [7, 11) is 0. The zero-order chi connectivity index (χ0) is 15.3. The van der Waals surface area contributed by atoms with E-state index in [1.54, 1.807) is 12.1 Å². The lowest BCUT2D eigenvalue weighted by Crippen LogP contribution is -2.35. The first-order valence-electron chi connectivity index (χ1n) is 8.35. The van der Waals surface area contributed by atoms with Gasteiger partial charge < -0.3 is 4.90 Å². The predicted molar refractivity (Wildman–Crippen MR) is 86.0 cm³/mol. The molecule has 0 bridgehead atoms. The van der Waals surface area contributed by atoms with E-state index >= 15 is 0 Å². The van der Waals surface area contributed by atoms with Crippen molar-refractivity contribution in [2.75, 3.05) is 31.1 Å². The summed E-state index contributed by atoms with van der Waals surface area (Å²) in [5, 5.41) is 10.7. The molecule has 2 saturated heterocycles. The molecule has 3 aliphatic rings. The standard InChI is InChI=1S/C17H23N3O2/c1-12(13-2-3-13)18-8-14-10-19(11-15(14)9-18)16-4-6-17(7-5-16)20(21)22/h4-7,12-15H,2-3,8-11H2,1H3. The summed E-state index contributed by atoms with van der Waals surface area (Å²) in [5.41, 5.74) is 1.30. The van der Waals surface area contributed by atoms with Gasteiger partial charge in [-0.3, -0.25) is 15.0 Å². The van der Waals surface area contributed by atoms with E-state index in [0.717, 1.165) is 42.6 Å². The Kier molecular flexibility index (Phi) is 3.33. The van der Waals surface area contributed by atoms with Gasteiger partial charge in [-0.2, -0.15) is 0 Å². The van der Waals surface area contributed by atoms with Crippen molar-refractivity contribution >= 4 is 11.4 Å². The Morgan fingerprint density at radius 3 is 2.18 bits per heavy atom. The maximum absolute atomic E-state index is 10.7. The van der Waals surface area contributed by atoms with Gasteiger partial charge in [-0.1, -0.05) is 0 Å². The maximum atomic E-state index is 10.7. The molecule has 0 amide bonds. The Morgan fingerprint density at radius 1 is 1.09 bits per heavy atom. The van der Waals surface area contributed by atoms with Crippen LogP contribution in [0, 0.1) is 27.9 Å². The highest BCUT2D eigenvalue weighted by atomic mass is 16.6. The minimum Gasteiger partial charge on any atom is -0.371 e. The number of anilines is 1. The highest BCUT2D eigenvalue weighted by Crippen LogP contribution is 2.40. The summed E-state index contributed by atoms with van der Waals surface area (Å²) < 4.78 is 0. The second kappa shape index (κ2) is 5.23. The first-order chi connectivity index (χ1) is 10.6. The van der Waals surface area contributed by atoms with Crippen LogP contribution >= 0.6 is 0 Å². The number of benzene rings is 1. The number of rotatable bonds is 4. The van der Waals surface area contributed by atoms with E-state index < -0.39 is 0 Å². The third-order valence-electron chi connectivity index (χ3n) is 5.82. The fourth-order valence-corrected chi connectivity index (χ4v) is 4.23. The van der Waals surface area contributed by atoms with Crippen molar-refractivity contribution in [3.8, 4) is 0 Å². The lowest BCUT2D eigenvalue weighted by Gasteiger charge is -2.27. The van der Waals surface area contributed by atoms with Gasteiger partial charge in [0.15, 0.2) is 0 Å². The topological polar surface area (TPSA) is 49.6 Å². The van der Waals surface area contributed by atoms with Gasteiger partial charge in [0.2, 0.25) is 0 Å². The molecule has 1 aromatic carbocycles. The fourth-order valence-electron chi connectivity index (χ4n) is 4.23. The molecule has 5 heteroatoms. The van der Waals surface area contributed by atoms with Gasteiger partial charge in [0.1, 0.15) is 0 Å². The molecule has 118 valence electrons. The van der Waals surface area contributed by atoms with Crippen molar-refractivity contribution in [2.45, 2.75) is 25.8 Å². The van der Waals surface area contributed by atoms with Crippen LogP contribution in [0.4, 0.5) is 11.4 Å². The number of hydrogen-bond donors (Lipinski definition) is 0. The van der Waals surface area contributed by atoms with Gasteiger partial charge >= 0.3 is 0 Å². The third-order valence-corrected chi connectivity index (χ3v) is 5.82. The molecule has 2 heterocycles. The number of nitrogens with zero attached hydrogens (tertiary/aromatic N) is 3. The first-order valence-corrected chi connectivity index (χ1v) is 8.35. The normalized spacial score (nSPS) is 29.6. The Bertz CT molecular complexity index is 556. The molecule has 2 aliphatic heterocycles. The molecule has 5 nitrogen and oxygen atoms in total. The van der Waals surface area contributed by atoms with Gasteiger partial charge in [0, 0.05) is 50.0 Å². The van der Waals surface area contributed by atoms with Crippen LogP contribution in [0.5, 0.6) is 0 Å². The van der Waals surface area contributed by atoms with E-state index in [9.17, 15) is 10.1 Å². The number of nitro benzene ring substituents is 1. The Balaban J connectivity index is 1.39. The highest BCUT2D eigenvalue weighted by molar-refractivity contribution is 5.52. The lowest BCUT2D eigenvalue weighted by molar-refractivity contribution is -0.384. The quantitative estimate of drug-likeness (QED) is 0.634. The minimum absolute atomic E-state index is 0.174. The summed E-state index contributed by atoms with van der Waals surface area (Å²) in [6, 6.07) is 7.78. The monoisotopic (exact) mass is 301 g/mol. The number of likely N-dealkylation sites (tertiary alicyclic amines) is 1. The van der Waals surface area contributed by atoms with E-state index in [1.807, 2.05) is 12.1 Å². The molecule has 1 saturated carbocycles. The van der Waals surface area contributed by atoms with Gasteiger partial charge in [-0.25, -0.2) is 0 Å². The van der Waals surface area contributed by atoms with Gasteiger partial charge in [0.05, 0.1) is 4.92 Å². The van der Waals surface area contributed by atoms with Gasteiger partial charge in [-0.05, 0) is 49.7 Å². The molecule has 1 aliphatic carbocycles. The molecule has 0 N–H and O–H groups in total.